The van der Waals surface area contributed by atoms with Crippen LogP contribution in [-0.2, 0) is 0 Å². The van der Waals surface area contributed by atoms with Gasteiger partial charge in [-0.3, -0.25) is 0 Å². The van der Waals surface area contributed by atoms with Crippen molar-refractivity contribution in [3.05, 3.63) is 24.3 Å². The van der Waals surface area contributed by atoms with Crippen LogP contribution in [0.2, 0.25) is 0 Å². The quantitative estimate of drug-likeness (QED) is 0.692. The fourth-order valence-corrected chi connectivity index (χ4v) is 2.29. The van der Waals surface area contributed by atoms with E-state index in [9.17, 15) is 5.11 Å². The number of benzene rings is 1. The molecule has 0 aromatic heterocycles. The van der Waals surface area contributed by atoms with Crippen LogP contribution in [0.1, 0.15) is 11.1 Å². The Balaban J connectivity index is 3.46. The van der Waals surface area contributed by atoms with E-state index in [1.54, 1.807) is 0 Å². The topological polar surface area (TPSA) is 20.2 Å². The SMILES string of the molecule is Cc1cc(C)c(I)c(O)c1I. The number of rotatable bonds is 0. The summed E-state index contributed by atoms with van der Waals surface area (Å²) in [6, 6.07) is 2.09. The third kappa shape index (κ3) is 1.80. The molecule has 0 radical (unpaired) electrons. The third-order valence-corrected chi connectivity index (χ3v) is 4.26. The lowest BCUT2D eigenvalue weighted by Crippen LogP contribution is -1.88. The zero-order valence-corrected chi connectivity index (χ0v) is 10.6. The van der Waals surface area contributed by atoms with Gasteiger partial charge >= 0.3 is 0 Å². The summed E-state index contributed by atoms with van der Waals surface area (Å²) in [6.45, 7) is 4.01. The average molecular weight is 374 g/mol. The lowest BCUT2D eigenvalue weighted by Gasteiger charge is -2.06. The van der Waals surface area contributed by atoms with Crippen LogP contribution in [0.25, 0.3) is 0 Å². The van der Waals surface area contributed by atoms with Gasteiger partial charge in [0.25, 0.3) is 0 Å². The molecule has 0 heterocycles. The molecule has 0 saturated carbocycles. The zero-order valence-electron chi connectivity index (χ0n) is 6.28. The van der Waals surface area contributed by atoms with Crippen LogP contribution >= 0.6 is 45.2 Å². The number of hydrogen-bond donors (Lipinski definition) is 1. The van der Waals surface area contributed by atoms with E-state index in [1.165, 1.54) is 0 Å². The molecule has 0 spiro atoms. The summed E-state index contributed by atoms with van der Waals surface area (Å²) in [6.07, 6.45) is 0. The van der Waals surface area contributed by atoms with Crippen molar-refractivity contribution in [2.45, 2.75) is 13.8 Å². The highest BCUT2D eigenvalue weighted by Crippen LogP contribution is 2.30. The van der Waals surface area contributed by atoms with E-state index in [4.69, 9.17) is 0 Å². The maximum absolute atomic E-state index is 9.55. The molecule has 1 aromatic carbocycles. The normalized spacial score (nSPS) is 10.2. The molecule has 0 atom stereocenters. The van der Waals surface area contributed by atoms with Crippen molar-refractivity contribution in [3.63, 3.8) is 0 Å². The van der Waals surface area contributed by atoms with Gasteiger partial charge in [-0.1, -0.05) is 6.07 Å². The highest BCUT2D eigenvalue weighted by Gasteiger charge is 2.07. The van der Waals surface area contributed by atoms with Gasteiger partial charge in [-0.05, 0) is 70.2 Å². The maximum Gasteiger partial charge on any atom is 0.142 e. The molecule has 1 N–H and O–H groups in total. The summed E-state index contributed by atoms with van der Waals surface area (Å²) < 4.78 is 1.91. The van der Waals surface area contributed by atoms with Gasteiger partial charge in [0.05, 0.1) is 7.14 Å². The first-order valence-electron chi connectivity index (χ1n) is 3.18. The lowest BCUT2D eigenvalue weighted by molar-refractivity contribution is 0.466. The Bertz CT molecular complexity index is 268. The first kappa shape index (κ1) is 9.57. The molecule has 1 aromatic rings. The van der Waals surface area contributed by atoms with Gasteiger partial charge in [0.2, 0.25) is 0 Å². The minimum Gasteiger partial charge on any atom is -0.506 e. The minimum atomic E-state index is 0.420. The highest BCUT2D eigenvalue weighted by atomic mass is 127. The van der Waals surface area contributed by atoms with Gasteiger partial charge in [-0.25, -0.2) is 0 Å². The Morgan fingerprint density at radius 1 is 1.09 bits per heavy atom. The van der Waals surface area contributed by atoms with Crippen molar-refractivity contribution in [1.82, 2.24) is 0 Å². The summed E-state index contributed by atoms with van der Waals surface area (Å²) in [5.74, 6) is 0.420. The molecule has 0 fully saturated rings. The Kier molecular flexibility index (Phi) is 3.02. The number of aryl methyl sites for hydroxylation is 2. The first-order valence-corrected chi connectivity index (χ1v) is 5.34. The third-order valence-electron chi connectivity index (χ3n) is 1.54. The summed E-state index contributed by atoms with van der Waals surface area (Å²) >= 11 is 4.31. The summed E-state index contributed by atoms with van der Waals surface area (Å²) in [5, 5.41) is 9.55. The van der Waals surface area contributed by atoms with E-state index in [0.717, 1.165) is 18.3 Å². The van der Waals surface area contributed by atoms with Gasteiger partial charge in [-0.2, -0.15) is 0 Å². The van der Waals surface area contributed by atoms with Crippen molar-refractivity contribution in [3.8, 4) is 5.75 Å². The van der Waals surface area contributed by atoms with E-state index in [1.807, 2.05) is 13.8 Å². The molecular weight excluding hydrogens is 366 g/mol. The predicted molar refractivity (Wildman–Crippen MR) is 63.0 cm³/mol. The van der Waals surface area contributed by atoms with E-state index in [2.05, 4.69) is 51.2 Å². The Hall–Kier alpha value is 0.480. The van der Waals surface area contributed by atoms with Gasteiger partial charge in [0, 0.05) is 0 Å². The van der Waals surface area contributed by atoms with Crippen molar-refractivity contribution in [1.29, 1.82) is 0 Å². The smallest absolute Gasteiger partial charge is 0.142 e. The average Bonchev–Trinajstić information content (AvgIpc) is 1.97. The lowest BCUT2D eigenvalue weighted by atomic mass is 10.1. The molecule has 60 valence electrons. The van der Waals surface area contributed by atoms with Crippen LogP contribution in [0.15, 0.2) is 6.07 Å². The summed E-state index contributed by atoms with van der Waals surface area (Å²) in [4.78, 5) is 0. The maximum atomic E-state index is 9.55. The Labute approximate surface area is 93.5 Å². The fraction of sp³-hybridized carbons (Fsp3) is 0.250. The monoisotopic (exact) mass is 374 g/mol. The van der Waals surface area contributed by atoms with Gasteiger partial charge in [0.15, 0.2) is 0 Å². The van der Waals surface area contributed by atoms with Crippen molar-refractivity contribution in [2.75, 3.05) is 0 Å². The molecule has 3 heteroatoms. The van der Waals surface area contributed by atoms with Crippen molar-refractivity contribution in [2.24, 2.45) is 0 Å². The number of phenols is 1. The number of phenolic OH excluding ortho intramolecular Hbond substituents is 1. The second kappa shape index (κ2) is 3.47. The van der Waals surface area contributed by atoms with Gasteiger partial charge < -0.3 is 5.11 Å². The number of aromatic hydroxyl groups is 1. The van der Waals surface area contributed by atoms with Crippen LogP contribution < -0.4 is 0 Å². The first-order chi connectivity index (χ1) is 5.04. The molecule has 0 saturated heterocycles. The van der Waals surface area contributed by atoms with E-state index >= 15 is 0 Å². The van der Waals surface area contributed by atoms with E-state index in [0.29, 0.717) is 5.75 Å². The number of halogens is 2. The van der Waals surface area contributed by atoms with Gasteiger partial charge in [-0.15, -0.1) is 0 Å². The predicted octanol–water partition coefficient (Wildman–Crippen LogP) is 3.22. The Morgan fingerprint density at radius 3 is 1.82 bits per heavy atom. The molecule has 1 nitrogen and oxygen atoms in total. The van der Waals surface area contributed by atoms with Crippen molar-refractivity contribution < 1.29 is 5.11 Å². The fourth-order valence-electron chi connectivity index (χ4n) is 0.921. The van der Waals surface area contributed by atoms with Crippen LogP contribution in [-0.4, -0.2) is 5.11 Å². The standard InChI is InChI=1S/C8H8I2O/c1-4-3-5(2)7(10)8(11)6(4)9/h3,11H,1-2H3. The van der Waals surface area contributed by atoms with Gasteiger partial charge in [0.1, 0.15) is 5.75 Å². The van der Waals surface area contributed by atoms with E-state index in [-0.39, 0.29) is 0 Å². The van der Waals surface area contributed by atoms with Crippen molar-refractivity contribution >= 4 is 45.2 Å². The molecular formula is C8H8I2O. The number of hydrogen-bond acceptors (Lipinski definition) is 1. The Morgan fingerprint density at radius 2 is 1.45 bits per heavy atom. The second-order valence-electron chi connectivity index (χ2n) is 2.49. The largest absolute Gasteiger partial charge is 0.506 e. The van der Waals surface area contributed by atoms with Crippen LogP contribution in [0.4, 0.5) is 0 Å². The van der Waals surface area contributed by atoms with E-state index < -0.39 is 0 Å². The van der Waals surface area contributed by atoms with Crippen LogP contribution in [0.3, 0.4) is 0 Å². The molecule has 0 bridgehead atoms. The van der Waals surface area contributed by atoms with Crippen LogP contribution in [0.5, 0.6) is 5.75 Å². The molecule has 0 amide bonds. The molecule has 1 rings (SSSR count). The summed E-state index contributed by atoms with van der Waals surface area (Å²) in [5.41, 5.74) is 2.28. The molecule has 11 heavy (non-hydrogen) atoms. The molecule has 0 aliphatic carbocycles. The zero-order chi connectivity index (χ0) is 8.59. The molecule has 0 unspecified atom stereocenters. The van der Waals surface area contributed by atoms with Crippen LogP contribution in [0, 0.1) is 21.0 Å². The second-order valence-corrected chi connectivity index (χ2v) is 4.64. The summed E-state index contributed by atoms with van der Waals surface area (Å²) in [7, 11) is 0. The molecule has 0 aliphatic rings. The highest BCUT2D eigenvalue weighted by molar-refractivity contribution is 14.1. The molecule has 0 aliphatic heterocycles. The minimum absolute atomic E-state index is 0.420.